The zero-order chi connectivity index (χ0) is 23.0. The van der Waals surface area contributed by atoms with Crippen LogP contribution in [0.5, 0.6) is 0 Å². The van der Waals surface area contributed by atoms with E-state index in [0.717, 1.165) is 0 Å². The third-order valence-corrected chi connectivity index (χ3v) is 5.13. The molecular formula is C23H49N4NaO4. The maximum Gasteiger partial charge on any atom is 1.00 e. The average molecular weight is 469 g/mol. The molecule has 0 rings (SSSR count). The van der Waals surface area contributed by atoms with Crippen LogP contribution in [0.4, 0.5) is 0 Å². The van der Waals surface area contributed by atoms with Crippen molar-refractivity contribution in [3.05, 3.63) is 14.9 Å². The first-order valence-electron chi connectivity index (χ1n) is 10.3. The van der Waals surface area contributed by atoms with Gasteiger partial charge in [0, 0.05) is 11.3 Å². The van der Waals surface area contributed by atoms with Gasteiger partial charge in [-0.25, -0.2) is 0 Å². The minimum absolute atomic E-state index is 0. The van der Waals surface area contributed by atoms with Crippen molar-refractivity contribution in [1.29, 1.82) is 0 Å². The van der Waals surface area contributed by atoms with Gasteiger partial charge in [-0.2, -0.15) is 0 Å². The number of rotatable bonds is 14. The molecule has 8 nitrogen and oxygen atoms in total. The molecule has 0 aliphatic rings. The molecule has 0 radical (unpaired) electrons. The average Bonchev–Trinajstić information content (AvgIpc) is 2.53. The molecule has 0 fully saturated rings. The van der Waals surface area contributed by atoms with Crippen LogP contribution in [-0.2, 0) is 14.4 Å². The first-order valence-corrected chi connectivity index (χ1v) is 10.3. The molecule has 0 aliphatic carbocycles. The number of carbonyl (C=O) groups is 2. The molecule has 9 heteroatoms. The second-order valence-corrected chi connectivity index (χ2v) is 10.6. The minimum Gasteiger partial charge on any atom is -0.542 e. The smallest absolute Gasteiger partial charge is 0.542 e. The van der Waals surface area contributed by atoms with Crippen LogP contribution >= 0.6 is 0 Å². The fourth-order valence-electron chi connectivity index (χ4n) is 3.56. The number of nitrogens with one attached hydrogen (secondary N) is 1. The maximum absolute atomic E-state index is 12.8. The molecule has 0 saturated heterocycles. The van der Waals surface area contributed by atoms with E-state index in [1.165, 1.54) is 0 Å². The topological polar surface area (TPSA) is 109 Å². The van der Waals surface area contributed by atoms with E-state index in [9.17, 15) is 19.5 Å². The van der Waals surface area contributed by atoms with Crippen LogP contribution in [0, 0.1) is 32.1 Å². The Bertz CT molecular complexity index is 563. The summed E-state index contributed by atoms with van der Waals surface area (Å²) >= 11 is 0. The van der Waals surface area contributed by atoms with Crippen molar-refractivity contribution in [3.63, 3.8) is 0 Å². The van der Waals surface area contributed by atoms with Gasteiger partial charge in [0.15, 0.2) is 12.8 Å². The number of hydrogen-bond donors (Lipinski definition) is 3. The van der Waals surface area contributed by atoms with Gasteiger partial charge in [-0.15, -0.1) is 5.92 Å². The van der Waals surface area contributed by atoms with Crippen LogP contribution in [0.15, 0.2) is 0 Å². The van der Waals surface area contributed by atoms with Crippen molar-refractivity contribution < 1.29 is 58.0 Å². The summed E-state index contributed by atoms with van der Waals surface area (Å²) in [5.41, 5.74) is 4.58. The number of primary amides is 1. The van der Waals surface area contributed by atoms with Gasteiger partial charge < -0.3 is 44.8 Å². The van der Waals surface area contributed by atoms with Crippen molar-refractivity contribution in [2.24, 2.45) is 23.0 Å². The monoisotopic (exact) mass is 468 g/mol. The molecule has 0 spiro atoms. The SMILES string of the molecule is CCC(CC([C-]=O)CC(C)(C)C(=O)NC[N+](C)(C)CC(O)C[N+](C)(C)C)C(N)=O.[CH3-].[CH3-].[Na+]. The maximum atomic E-state index is 12.8. The van der Waals surface area contributed by atoms with Crippen LogP contribution in [0.25, 0.3) is 0 Å². The Hall–Kier alpha value is -0.510. The molecule has 0 aromatic rings. The number of carbonyl (C=O) groups excluding carboxylic acids is 3. The Morgan fingerprint density at radius 2 is 1.59 bits per heavy atom. The second kappa shape index (κ2) is 16.2. The van der Waals surface area contributed by atoms with Gasteiger partial charge in [-0.1, -0.05) is 33.6 Å². The Morgan fingerprint density at radius 1 is 1.09 bits per heavy atom. The molecule has 0 aromatic carbocycles. The van der Waals surface area contributed by atoms with Crippen molar-refractivity contribution >= 4 is 18.1 Å². The minimum atomic E-state index is -0.793. The van der Waals surface area contributed by atoms with Gasteiger partial charge in [-0.3, -0.25) is 15.9 Å². The van der Waals surface area contributed by atoms with E-state index < -0.39 is 29.3 Å². The molecule has 0 aromatic heterocycles. The molecule has 3 unspecified atom stereocenters. The summed E-state index contributed by atoms with van der Waals surface area (Å²) in [6.07, 6.45) is 2.66. The number of quaternary nitrogens is 2. The summed E-state index contributed by atoms with van der Waals surface area (Å²) in [4.78, 5) is 35.6. The summed E-state index contributed by atoms with van der Waals surface area (Å²) in [7, 11) is 9.97. The van der Waals surface area contributed by atoms with E-state index in [2.05, 4.69) is 5.32 Å². The number of nitrogens with two attached hydrogens (primary N) is 1. The first kappa shape index (κ1) is 38.7. The fourth-order valence-corrected chi connectivity index (χ4v) is 3.56. The van der Waals surface area contributed by atoms with E-state index in [1.807, 2.05) is 48.4 Å². The number of hydrogen-bond acceptors (Lipinski definition) is 4. The van der Waals surface area contributed by atoms with Crippen LogP contribution in [0.1, 0.15) is 40.0 Å². The van der Waals surface area contributed by atoms with Gasteiger partial charge in [0.25, 0.3) is 0 Å². The molecule has 0 aliphatic heterocycles. The predicted molar refractivity (Wildman–Crippen MR) is 127 cm³/mol. The van der Waals surface area contributed by atoms with Gasteiger partial charge in [0.05, 0.1) is 35.2 Å². The molecule has 0 bridgehead atoms. The summed E-state index contributed by atoms with van der Waals surface area (Å²) < 4.78 is 1.10. The van der Waals surface area contributed by atoms with E-state index in [0.29, 0.717) is 48.0 Å². The Balaban J connectivity index is -0.00000131. The summed E-state index contributed by atoms with van der Waals surface area (Å²) in [5.74, 6) is -1.51. The molecule has 0 heterocycles. The quantitative estimate of drug-likeness (QED) is 0.120. The van der Waals surface area contributed by atoms with Gasteiger partial charge >= 0.3 is 29.6 Å². The predicted octanol–water partition coefficient (Wildman–Crippen LogP) is -1.85. The van der Waals surface area contributed by atoms with Gasteiger partial charge in [-0.05, 0) is 6.42 Å². The standard InChI is InChI=1S/C21H42N4O4.2CH3.Na/c1-9-17(19(22)28)10-16(14-26)11-21(2,3)20(29)23-15-25(7,8)13-18(27)12-24(4,5)6;;;/h16-18,27H,9-13,15H2,1-8H3,(H2-,22,23,28,29);2*1H3;/q;2*-1;+1/p+1. The summed E-state index contributed by atoms with van der Waals surface area (Å²) in [6.45, 7) is 6.91. The molecular weight excluding hydrogens is 419 g/mol. The van der Waals surface area contributed by atoms with Gasteiger partial charge in [0.1, 0.15) is 13.1 Å². The molecule has 32 heavy (non-hydrogen) atoms. The third-order valence-electron chi connectivity index (χ3n) is 5.13. The van der Waals surface area contributed by atoms with Crippen molar-refractivity contribution in [1.82, 2.24) is 5.32 Å². The molecule has 2 amide bonds. The number of aliphatic hydroxyl groups excluding tert-OH is 1. The van der Waals surface area contributed by atoms with Gasteiger partial charge in [0.2, 0.25) is 11.8 Å². The molecule has 4 N–H and O–H groups in total. The van der Waals surface area contributed by atoms with Crippen molar-refractivity contribution in [3.8, 4) is 0 Å². The van der Waals surface area contributed by atoms with E-state index in [1.54, 1.807) is 13.8 Å². The number of likely N-dealkylation sites (N-methyl/N-ethyl adjacent to an activating group) is 2. The molecule has 0 saturated carbocycles. The second-order valence-electron chi connectivity index (χ2n) is 10.6. The van der Waals surface area contributed by atoms with Crippen LogP contribution in [0.2, 0.25) is 0 Å². The van der Waals surface area contributed by atoms with Crippen LogP contribution in [0.3, 0.4) is 0 Å². The fraction of sp³-hybridized carbons (Fsp3) is 0.783. The zero-order valence-corrected chi connectivity index (χ0v) is 24.6. The Kier molecular flexibility index (Phi) is 19.6. The first-order chi connectivity index (χ1) is 13.0. The Labute approximate surface area is 219 Å². The van der Waals surface area contributed by atoms with Crippen molar-refractivity contribution in [2.75, 3.05) is 55.0 Å². The number of aliphatic hydroxyl groups is 1. The van der Waals surface area contributed by atoms with Crippen LogP contribution in [-0.4, -0.2) is 93.3 Å². The number of amides is 2. The number of nitrogens with zero attached hydrogens (tertiary/aromatic N) is 2. The summed E-state index contributed by atoms with van der Waals surface area (Å²) in [6, 6.07) is 0. The van der Waals surface area contributed by atoms with Crippen molar-refractivity contribution in [2.45, 2.75) is 46.1 Å². The van der Waals surface area contributed by atoms with E-state index in [-0.39, 0.29) is 50.3 Å². The third kappa shape index (κ3) is 16.2. The summed E-state index contributed by atoms with van der Waals surface area (Å²) in [5, 5.41) is 13.3. The molecule has 186 valence electrons. The Morgan fingerprint density at radius 3 is 1.97 bits per heavy atom. The molecule has 3 atom stereocenters. The van der Waals surface area contributed by atoms with Crippen LogP contribution < -0.4 is 40.6 Å². The normalized spacial score (nSPS) is 14.5. The van der Waals surface area contributed by atoms with E-state index in [4.69, 9.17) is 5.73 Å². The zero-order valence-electron chi connectivity index (χ0n) is 22.6. The van der Waals surface area contributed by atoms with E-state index >= 15 is 0 Å². The largest absolute Gasteiger partial charge is 1.00 e.